The summed E-state index contributed by atoms with van der Waals surface area (Å²) in [5, 5.41) is 3.49. The van der Waals surface area contributed by atoms with Crippen molar-refractivity contribution in [3.05, 3.63) is 28.5 Å². The molecule has 0 spiro atoms. The van der Waals surface area contributed by atoms with Crippen molar-refractivity contribution >= 4 is 23.2 Å². The molecule has 0 aliphatic heterocycles. The van der Waals surface area contributed by atoms with Gasteiger partial charge in [-0.1, -0.05) is 0 Å². The van der Waals surface area contributed by atoms with E-state index in [-0.39, 0.29) is 5.91 Å². The minimum atomic E-state index is -0.189. The number of H-pyrrole nitrogens is 1. The minimum Gasteiger partial charge on any atom is -0.331 e. The summed E-state index contributed by atoms with van der Waals surface area (Å²) in [5.74, 6) is 0.256. The van der Waals surface area contributed by atoms with Gasteiger partial charge in [-0.15, -0.1) is 11.3 Å². The van der Waals surface area contributed by atoms with Gasteiger partial charge >= 0.3 is 0 Å². The number of imidazole rings is 1. The summed E-state index contributed by atoms with van der Waals surface area (Å²) in [4.78, 5) is 22.8. The summed E-state index contributed by atoms with van der Waals surface area (Å²) in [6, 6.07) is 0. The van der Waals surface area contributed by atoms with E-state index in [1.807, 2.05) is 6.92 Å². The molecule has 0 radical (unpaired) electrons. The number of thiazole rings is 1. The summed E-state index contributed by atoms with van der Waals surface area (Å²) < 4.78 is 0. The zero-order valence-corrected chi connectivity index (χ0v) is 8.26. The SMILES string of the molecule is Cc1ncc(C(=O)Nc2ncc[nH]2)s1. The normalized spacial score (nSPS) is 10.1. The Hall–Kier alpha value is -1.69. The molecule has 2 aromatic rings. The highest BCUT2D eigenvalue weighted by atomic mass is 32.1. The lowest BCUT2D eigenvalue weighted by atomic mass is 10.5. The second-order valence-electron chi connectivity index (χ2n) is 2.64. The highest BCUT2D eigenvalue weighted by Gasteiger charge is 2.09. The third-order valence-corrected chi connectivity index (χ3v) is 2.49. The second kappa shape index (κ2) is 3.59. The third-order valence-electron chi connectivity index (χ3n) is 1.58. The van der Waals surface area contributed by atoms with Crippen LogP contribution in [-0.2, 0) is 0 Å². The van der Waals surface area contributed by atoms with Crippen LogP contribution in [0.3, 0.4) is 0 Å². The molecule has 14 heavy (non-hydrogen) atoms. The molecule has 0 fully saturated rings. The van der Waals surface area contributed by atoms with Crippen LogP contribution in [0.25, 0.3) is 0 Å². The van der Waals surface area contributed by atoms with Crippen LogP contribution in [0.2, 0.25) is 0 Å². The van der Waals surface area contributed by atoms with E-state index in [1.54, 1.807) is 18.6 Å². The van der Waals surface area contributed by atoms with Gasteiger partial charge in [-0.3, -0.25) is 10.1 Å². The van der Waals surface area contributed by atoms with Crippen LogP contribution >= 0.6 is 11.3 Å². The molecule has 5 nitrogen and oxygen atoms in total. The van der Waals surface area contributed by atoms with E-state index in [1.165, 1.54) is 11.3 Å². The zero-order chi connectivity index (χ0) is 9.97. The first kappa shape index (κ1) is 8.89. The largest absolute Gasteiger partial charge is 0.331 e. The van der Waals surface area contributed by atoms with Crippen LogP contribution in [0.5, 0.6) is 0 Å². The van der Waals surface area contributed by atoms with Gasteiger partial charge in [0.15, 0.2) is 0 Å². The quantitative estimate of drug-likeness (QED) is 0.784. The van der Waals surface area contributed by atoms with Gasteiger partial charge in [-0.2, -0.15) is 0 Å². The fraction of sp³-hybridized carbons (Fsp3) is 0.125. The van der Waals surface area contributed by atoms with Crippen LogP contribution in [0.1, 0.15) is 14.7 Å². The molecular formula is C8H8N4OS. The van der Waals surface area contributed by atoms with Gasteiger partial charge in [0.1, 0.15) is 4.88 Å². The monoisotopic (exact) mass is 208 g/mol. The first-order valence-corrected chi connectivity index (χ1v) is 4.80. The number of amides is 1. The molecule has 0 aromatic carbocycles. The van der Waals surface area contributed by atoms with Crippen molar-refractivity contribution in [2.24, 2.45) is 0 Å². The van der Waals surface area contributed by atoms with Crippen molar-refractivity contribution in [3.63, 3.8) is 0 Å². The van der Waals surface area contributed by atoms with E-state index >= 15 is 0 Å². The fourth-order valence-corrected chi connectivity index (χ4v) is 1.64. The first-order valence-electron chi connectivity index (χ1n) is 3.99. The number of aromatic nitrogens is 3. The summed E-state index contributed by atoms with van der Waals surface area (Å²) in [6.07, 6.45) is 4.78. The van der Waals surface area contributed by atoms with Crippen LogP contribution in [0.15, 0.2) is 18.6 Å². The average Bonchev–Trinajstić information content (AvgIpc) is 2.75. The fourth-order valence-electron chi connectivity index (χ4n) is 0.969. The number of hydrogen-bond donors (Lipinski definition) is 2. The maximum atomic E-state index is 11.5. The lowest BCUT2D eigenvalue weighted by molar-refractivity contribution is 0.102. The van der Waals surface area contributed by atoms with E-state index in [2.05, 4.69) is 20.3 Å². The Morgan fingerprint density at radius 3 is 3.00 bits per heavy atom. The molecule has 2 rings (SSSR count). The Kier molecular flexibility index (Phi) is 2.28. The Labute approximate surface area is 84.2 Å². The lowest BCUT2D eigenvalue weighted by Gasteiger charge is -1.96. The lowest BCUT2D eigenvalue weighted by Crippen LogP contribution is -2.11. The standard InChI is InChI=1S/C8H8N4OS/c1-5-11-4-6(14-5)7(13)12-8-9-2-3-10-8/h2-4H,1H3,(H2,9,10,12,13). The molecule has 2 aromatic heterocycles. The van der Waals surface area contributed by atoms with Crippen LogP contribution in [-0.4, -0.2) is 20.9 Å². The molecule has 0 saturated heterocycles. The van der Waals surface area contributed by atoms with Gasteiger partial charge in [0.2, 0.25) is 5.95 Å². The molecule has 0 bridgehead atoms. The predicted molar refractivity (Wildman–Crippen MR) is 53.4 cm³/mol. The molecular weight excluding hydrogens is 200 g/mol. The smallest absolute Gasteiger partial charge is 0.269 e. The number of nitrogens with zero attached hydrogens (tertiary/aromatic N) is 2. The van der Waals surface area contributed by atoms with E-state index in [9.17, 15) is 4.79 Å². The number of rotatable bonds is 2. The van der Waals surface area contributed by atoms with Crippen molar-refractivity contribution < 1.29 is 4.79 Å². The molecule has 1 amide bonds. The number of nitrogens with one attached hydrogen (secondary N) is 2. The first-order chi connectivity index (χ1) is 6.75. The van der Waals surface area contributed by atoms with Gasteiger partial charge in [0.25, 0.3) is 5.91 Å². The third kappa shape index (κ3) is 1.80. The number of hydrogen-bond acceptors (Lipinski definition) is 4. The topological polar surface area (TPSA) is 70.7 Å². The number of aryl methyl sites for hydroxylation is 1. The Balaban J connectivity index is 2.10. The number of anilines is 1. The minimum absolute atomic E-state index is 0.189. The number of carbonyl (C=O) groups is 1. The van der Waals surface area contributed by atoms with Gasteiger partial charge in [0.05, 0.1) is 11.2 Å². The van der Waals surface area contributed by atoms with Crippen LogP contribution < -0.4 is 5.32 Å². The summed E-state index contributed by atoms with van der Waals surface area (Å²) in [7, 11) is 0. The van der Waals surface area contributed by atoms with Crippen molar-refractivity contribution in [2.75, 3.05) is 5.32 Å². The van der Waals surface area contributed by atoms with Crippen molar-refractivity contribution in [1.82, 2.24) is 15.0 Å². The van der Waals surface area contributed by atoms with Gasteiger partial charge in [-0.05, 0) is 6.92 Å². The molecule has 0 aliphatic rings. The van der Waals surface area contributed by atoms with Crippen molar-refractivity contribution in [1.29, 1.82) is 0 Å². The number of aromatic amines is 1. The van der Waals surface area contributed by atoms with E-state index in [4.69, 9.17) is 0 Å². The Morgan fingerprint density at radius 2 is 2.43 bits per heavy atom. The maximum absolute atomic E-state index is 11.5. The zero-order valence-electron chi connectivity index (χ0n) is 7.44. The van der Waals surface area contributed by atoms with Gasteiger partial charge in [0, 0.05) is 12.4 Å². The molecule has 0 aliphatic carbocycles. The molecule has 2 heterocycles. The van der Waals surface area contributed by atoms with Crippen molar-refractivity contribution in [3.8, 4) is 0 Å². The molecule has 0 unspecified atom stereocenters. The predicted octanol–water partition coefficient (Wildman–Crippen LogP) is 1.43. The second-order valence-corrected chi connectivity index (χ2v) is 3.87. The van der Waals surface area contributed by atoms with E-state index in [0.717, 1.165) is 5.01 Å². The molecule has 6 heteroatoms. The molecule has 0 saturated carbocycles. The van der Waals surface area contributed by atoms with Crippen LogP contribution in [0.4, 0.5) is 5.95 Å². The van der Waals surface area contributed by atoms with Crippen molar-refractivity contribution in [2.45, 2.75) is 6.92 Å². The Bertz CT molecular complexity index is 434. The van der Waals surface area contributed by atoms with E-state index < -0.39 is 0 Å². The van der Waals surface area contributed by atoms with Crippen LogP contribution in [0, 0.1) is 6.92 Å². The average molecular weight is 208 g/mol. The highest BCUT2D eigenvalue weighted by Crippen LogP contribution is 2.12. The van der Waals surface area contributed by atoms with Gasteiger partial charge < -0.3 is 4.98 Å². The molecule has 72 valence electrons. The van der Waals surface area contributed by atoms with E-state index in [0.29, 0.717) is 10.8 Å². The summed E-state index contributed by atoms with van der Waals surface area (Å²) in [6.45, 7) is 1.86. The maximum Gasteiger partial charge on any atom is 0.269 e. The molecule has 2 N–H and O–H groups in total. The summed E-state index contributed by atoms with van der Waals surface area (Å²) in [5.41, 5.74) is 0. The van der Waals surface area contributed by atoms with Gasteiger partial charge in [-0.25, -0.2) is 9.97 Å². The summed E-state index contributed by atoms with van der Waals surface area (Å²) >= 11 is 1.35. The highest BCUT2D eigenvalue weighted by molar-refractivity contribution is 7.13. The Morgan fingerprint density at radius 1 is 1.57 bits per heavy atom. The number of carbonyl (C=O) groups excluding carboxylic acids is 1. The molecule has 0 atom stereocenters.